The highest BCUT2D eigenvalue weighted by Crippen LogP contribution is 2.47. The van der Waals surface area contributed by atoms with Crippen molar-refractivity contribution < 1.29 is 19.3 Å². The third-order valence-electron chi connectivity index (χ3n) is 10.8. The molecule has 1 aromatic heterocycles. The van der Waals surface area contributed by atoms with Crippen molar-refractivity contribution in [3.8, 4) is 11.1 Å². The van der Waals surface area contributed by atoms with Crippen molar-refractivity contribution in [1.82, 2.24) is 5.32 Å². The molecule has 0 radical (unpaired) electrons. The number of anilines is 2. The summed E-state index contributed by atoms with van der Waals surface area (Å²) in [6, 6.07) is 37.9. The molecule has 0 saturated heterocycles. The maximum atomic E-state index is 13.3. The molecular formula is C47H44ClN4O3S2+. The molecule has 0 saturated carbocycles. The van der Waals surface area contributed by atoms with Crippen molar-refractivity contribution in [3.63, 3.8) is 0 Å². The number of carboxylic acids is 1. The maximum absolute atomic E-state index is 13.3. The molecule has 288 valence electrons. The first-order valence-electron chi connectivity index (χ1n) is 19.4. The van der Waals surface area contributed by atoms with Gasteiger partial charge in [0, 0.05) is 66.3 Å². The van der Waals surface area contributed by atoms with Gasteiger partial charge in [-0.15, -0.1) is 0 Å². The smallest absolute Gasteiger partial charge is 0.326 e. The number of hydrogen-bond donors (Lipinski definition) is 2. The van der Waals surface area contributed by atoms with Gasteiger partial charge in [0.2, 0.25) is 5.52 Å². The van der Waals surface area contributed by atoms with Crippen molar-refractivity contribution >= 4 is 74.2 Å². The second-order valence-electron chi connectivity index (χ2n) is 14.4. The van der Waals surface area contributed by atoms with Crippen molar-refractivity contribution in [2.24, 2.45) is 0 Å². The third-order valence-corrected chi connectivity index (χ3v) is 13.3. The van der Waals surface area contributed by atoms with Crippen LogP contribution in [0.3, 0.4) is 0 Å². The Kier molecular flexibility index (Phi) is 11.5. The molecule has 0 fully saturated rings. The van der Waals surface area contributed by atoms with Crippen molar-refractivity contribution in [2.75, 3.05) is 23.4 Å². The highest BCUT2D eigenvalue weighted by molar-refractivity contribution is 8.03. The predicted octanol–water partition coefficient (Wildman–Crippen LogP) is 10.6. The van der Waals surface area contributed by atoms with Crippen LogP contribution < -0.4 is 19.7 Å². The van der Waals surface area contributed by atoms with E-state index in [1.54, 1.807) is 35.2 Å². The summed E-state index contributed by atoms with van der Waals surface area (Å²) in [5.74, 6) is -1.04. The van der Waals surface area contributed by atoms with Gasteiger partial charge < -0.3 is 20.2 Å². The number of aromatic nitrogens is 1. The number of aryl methyl sites for hydroxylation is 1. The molecule has 0 bridgehead atoms. The summed E-state index contributed by atoms with van der Waals surface area (Å²) in [4.78, 5) is 31.0. The lowest BCUT2D eigenvalue weighted by molar-refractivity contribution is -0.669. The first-order valence-corrected chi connectivity index (χ1v) is 21.4. The quantitative estimate of drug-likeness (QED) is 0.0947. The molecule has 0 spiro atoms. The molecular weight excluding hydrogens is 768 g/mol. The zero-order valence-corrected chi connectivity index (χ0v) is 34.3. The Balaban J connectivity index is 0.938. The molecule has 1 atom stereocenters. The summed E-state index contributed by atoms with van der Waals surface area (Å²) in [5, 5.41) is 16.2. The second kappa shape index (κ2) is 17.0. The number of nitrogens with one attached hydrogen (secondary N) is 1. The number of carbonyl (C=O) groups excluding carboxylic acids is 1. The first kappa shape index (κ1) is 38.5. The standard InChI is InChI=1S/C47H43ClN4O3S2/c1-3-31(24-44-50(2)39-27-34(18-20-42(39)56-44)32-12-5-4-6-13-32)25-45-51(40-29-37(48)19-21-43(40)57-45)23-10-9-22-49-46(53)35-16-11-17-38(26-35)52-30-36-15-8-7-14-33(36)28-41(52)47(54)55/h4-8,11-21,24-27,29,41H,3,9-10,22-23,28,30H2,1-2H3,(H-,49,53,54,55)/p+1. The van der Waals surface area contributed by atoms with Crippen LogP contribution in [0.4, 0.5) is 11.4 Å². The highest BCUT2D eigenvalue weighted by atomic mass is 35.5. The van der Waals surface area contributed by atoms with E-state index in [0.717, 1.165) is 53.1 Å². The number of fused-ring (bicyclic) bond motifs is 3. The number of allylic oxidation sites excluding steroid dienone is 2. The summed E-state index contributed by atoms with van der Waals surface area (Å²) in [6.45, 7) is 3.98. The van der Waals surface area contributed by atoms with E-state index in [9.17, 15) is 14.7 Å². The average Bonchev–Trinajstić information content (AvgIpc) is 3.74. The van der Waals surface area contributed by atoms with Gasteiger partial charge in [-0.2, -0.15) is 4.57 Å². The van der Waals surface area contributed by atoms with Gasteiger partial charge in [-0.25, -0.2) is 4.79 Å². The Morgan fingerprint density at radius 2 is 1.72 bits per heavy atom. The monoisotopic (exact) mass is 811 g/mol. The fourth-order valence-electron chi connectivity index (χ4n) is 7.62. The number of aliphatic carboxylic acids is 1. The van der Waals surface area contributed by atoms with Gasteiger partial charge in [0.05, 0.1) is 10.7 Å². The fraction of sp³-hybridized carbons (Fsp3) is 0.213. The van der Waals surface area contributed by atoms with Crippen molar-refractivity contribution in [3.05, 3.63) is 159 Å². The number of benzene rings is 5. The van der Waals surface area contributed by atoms with Crippen LogP contribution in [0.5, 0.6) is 0 Å². The molecule has 1 unspecified atom stereocenters. The Bertz CT molecular complexity index is 2530. The van der Waals surface area contributed by atoms with Crippen LogP contribution in [0.1, 0.15) is 52.7 Å². The molecule has 0 aliphatic carbocycles. The predicted molar refractivity (Wildman–Crippen MR) is 235 cm³/mol. The molecule has 6 aromatic rings. The highest BCUT2D eigenvalue weighted by Gasteiger charge is 2.32. The van der Waals surface area contributed by atoms with Crippen LogP contribution in [0.15, 0.2) is 137 Å². The molecule has 10 heteroatoms. The number of unbranched alkanes of at least 4 members (excludes halogenated alkanes) is 1. The summed E-state index contributed by atoms with van der Waals surface area (Å²) in [7, 11) is 2.15. The number of halogens is 1. The molecule has 1 amide bonds. The average molecular weight is 812 g/mol. The lowest BCUT2D eigenvalue weighted by Gasteiger charge is -2.36. The lowest BCUT2D eigenvalue weighted by atomic mass is 9.93. The molecule has 3 heterocycles. The molecule has 2 aliphatic rings. The zero-order chi connectivity index (χ0) is 39.5. The Morgan fingerprint density at radius 1 is 0.912 bits per heavy atom. The molecule has 57 heavy (non-hydrogen) atoms. The van der Waals surface area contributed by atoms with Crippen LogP contribution in [0, 0.1) is 0 Å². The Morgan fingerprint density at radius 3 is 2.53 bits per heavy atom. The van der Waals surface area contributed by atoms with Gasteiger partial charge in [0.1, 0.15) is 10.7 Å². The van der Waals surface area contributed by atoms with Gasteiger partial charge in [-0.1, -0.05) is 108 Å². The van der Waals surface area contributed by atoms with Gasteiger partial charge in [-0.05, 0) is 89.2 Å². The molecule has 2 aliphatic heterocycles. The van der Waals surface area contributed by atoms with Gasteiger partial charge in [-0.3, -0.25) is 4.79 Å². The Labute approximate surface area is 346 Å². The Hall–Kier alpha value is -5.35. The number of amides is 1. The normalized spacial score (nSPS) is 15.9. The van der Waals surface area contributed by atoms with Crippen molar-refractivity contribution in [2.45, 2.75) is 56.6 Å². The minimum atomic E-state index is -0.872. The van der Waals surface area contributed by atoms with E-state index in [-0.39, 0.29) is 5.91 Å². The largest absolute Gasteiger partial charge is 0.480 e. The fourth-order valence-corrected chi connectivity index (χ4v) is 10.0. The van der Waals surface area contributed by atoms with E-state index in [1.807, 2.05) is 59.5 Å². The number of carbonyl (C=O) groups is 2. The number of rotatable bonds is 12. The van der Waals surface area contributed by atoms with E-state index < -0.39 is 12.0 Å². The molecule has 8 rings (SSSR count). The number of thiazole rings is 1. The van der Waals surface area contributed by atoms with Crippen LogP contribution >= 0.6 is 34.7 Å². The van der Waals surface area contributed by atoms with Crippen LogP contribution in [0.2, 0.25) is 5.02 Å². The lowest BCUT2D eigenvalue weighted by Crippen LogP contribution is -2.45. The van der Waals surface area contributed by atoms with Crippen LogP contribution in [-0.2, 0) is 24.3 Å². The minimum absolute atomic E-state index is 0.168. The maximum Gasteiger partial charge on any atom is 0.326 e. The number of nitrogens with zero attached hydrogens (tertiary/aromatic N) is 3. The molecule has 2 N–H and O–H groups in total. The van der Waals surface area contributed by atoms with E-state index in [2.05, 4.69) is 89.4 Å². The van der Waals surface area contributed by atoms with Gasteiger partial charge in [0.15, 0.2) is 6.54 Å². The SMILES string of the molecule is CCC(/C=C1\Sc2ccc(-c3ccccc3)cc2N1C)=C\c1sc2ccc(Cl)cc2[n+]1CCCCNC(=O)c1cccc(N2Cc3ccccc3CC2C(=O)O)c1. The van der Waals surface area contributed by atoms with E-state index in [4.69, 9.17) is 11.6 Å². The summed E-state index contributed by atoms with van der Waals surface area (Å²) in [6.07, 6.45) is 7.57. The summed E-state index contributed by atoms with van der Waals surface area (Å²) >= 11 is 10.1. The molecule has 5 aromatic carbocycles. The van der Waals surface area contributed by atoms with Gasteiger partial charge >= 0.3 is 5.97 Å². The van der Waals surface area contributed by atoms with E-state index in [0.29, 0.717) is 30.1 Å². The van der Waals surface area contributed by atoms with Crippen LogP contribution in [0.25, 0.3) is 27.4 Å². The zero-order valence-electron chi connectivity index (χ0n) is 32.0. The van der Waals surface area contributed by atoms with E-state index in [1.165, 1.54) is 37.0 Å². The van der Waals surface area contributed by atoms with Gasteiger partial charge in [0.25, 0.3) is 10.9 Å². The topological polar surface area (TPSA) is 76.8 Å². The molecule has 7 nitrogen and oxygen atoms in total. The number of carboxylic acid groups (broad SMARTS) is 1. The summed E-state index contributed by atoms with van der Waals surface area (Å²) in [5.41, 5.74) is 9.39. The minimum Gasteiger partial charge on any atom is -0.480 e. The number of hydrogen-bond acceptors (Lipinski definition) is 6. The second-order valence-corrected chi connectivity index (χ2v) is 17.0. The van der Waals surface area contributed by atoms with E-state index >= 15 is 0 Å². The summed E-state index contributed by atoms with van der Waals surface area (Å²) < 4.78 is 3.53. The first-order chi connectivity index (χ1) is 27.7. The van der Waals surface area contributed by atoms with Crippen LogP contribution in [-0.4, -0.2) is 36.6 Å². The number of thioether (sulfide) groups is 1. The van der Waals surface area contributed by atoms with Crippen molar-refractivity contribution in [1.29, 1.82) is 0 Å². The third kappa shape index (κ3) is 8.37.